The van der Waals surface area contributed by atoms with Crippen molar-refractivity contribution in [3.05, 3.63) is 78.6 Å². The molecule has 13 nitrogen and oxygen atoms in total. The topological polar surface area (TPSA) is 171 Å². The summed E-state index contributed by atoms with van der Waals surface area (Å²) in [6.07, 6.45) is 5.81. The maximum absolute atomic E-state index is 12.5. The van der Waals surface area contributed by atoms with Crippen LogP contribution in [-0.2, 0) is 37.0 Å². The van der Waals surface area contributed by atoms with Gasteiger partial charge in [-0.3, -0.25) is 4.98 Å². The second-order valence-corrected chi connectivity index (χ2v) is 14.3. The lowest BCUT2D eigenvalue weighted by atomic mass is 9.96. The van der Waals surface area contributed by atoms with Crippen molar-refractivity contribution >= 4 is 30.4 Å². The third kappa shape index (κ3) is 8.99. The quantitative estimate of drug-likeness (QED) is 0.186. The van der Waals surface area contributed by atoms with Crippen LogP contribution < -0.4 is 26.8 Å². The summed E-state index contributed by atoms with van der Waals surface area (Å²) in [5, 5.41) is 0. The minimum absolute atomic E-state index is 0.0181. The molecule has 0 aliphatic heterocycles. The van der Waals surface area contributed by atoms with Crippen LogP contribution >= 0.6 is 0 Å². The van der Waals surface area contributed by atoms with Crippen molar-refractivity contribution in [2.45, 2.75) is 6.61 Å². The zero-order valence-electron chi connectivity index (χ0n) is 24.7. The van der Waals surface area contributed by atoms with Crippen LogP contribution in [0.4, 0.5) is 0 Å². The van der Waals surface area contributed by atoms with E-state index < -0.39 is 30.4 Å². The fraction of sp³-hybridized carbons (Fsp3) is 0.207. The number of methoxy groups -OCH3 is 2. The predicted octanol–water partition coefficient (Wildman–Crippen LogP) is 4.03. The molecule has 0 saturated carbocycles. The number of hydrogen-bond acceptors (Lipinski definition) is 13. The van der Waals surface area contributed by atoms with E-state index in [4.69, 9.17) is 26.8 Å². The molecule has 0 bridgehead atoms. The number of aromatic nitrogens is 1. The van der Waals surface area contributed by atoms with Crippen molar-refractivity contribution in [1.82, 2.24) is 4.98 Å². The third-order valence-corrected chi connectivity index (χ3v) is 7.31. The van der Waals surface area contributed by atoms with E-state index >= 15 is 0 Å². The average molecular weight is 680 g/mol. The first-order chi connectivity index (χ1) is 21.1. The first kappa shape index (κ1) is 33.4. The smallest absolute Gasteiger partial charge is 0.306 e. The van der Waals surface area contributed by atoms with E-state index in [1.54, 1.807) is 30.6 Å². The Bertz CT molecular complexity index is 2010. The molecule has 4 rings (SSSR count). The van der Waals surface area contributed by atoms with Gasteiger partial charge in [0.05, 0.1) is 38.6 Å². The molecule has 45 heavy (non-hydrogen) atoms. The summed E-state index contributed by atoms with van der Waals surface area (Å²) in [6.45, 7) is 0.0512. The molecule has 0 spiro atoms. The van der Waals surface area contributed by atoms with Crippen LogP contribution in [-0.4, -0.2) is 63.2 Å². The summed E-state index contributed by atoms with van der Waals surface area (Å²) in [7, 11) is -9.30. The first-order valence-corrected chi connectivity index (χ1v) is 18.3. The number of hydrogen-bond donors (Lipinski definition) is 0. The predicted molar refractivity (Wildman–Crippen MR) is 165 cm³/mol. The molecule has 0 amide bonds. The summed E-state index contributed by atoms with van der Waals surface area (Å²) >= 11 is 0. The molecule has 1 aromatic heterocycles. The minimum Gasteiger partial charge on any atom is -0.496 e. The Kier molecular flexibility index (Phi) is 9.79. The van der Waals surface area contributed by atoms with Gasteiger partial charge in [-0.25, -0.2) is 0 Å². The minimum atomic E-state index is -4.16. The Morgan fingerprint density at radius 2 is 1.29 bits per heavy atom. The van der Waals surface area contributed by atoms with E-state index in [0.29, 0.717) is 16.7 Å². The molecule has 3 aromatic carbocycles. The molecule has 4 aromatic rings. The maximum Gasteiger partial charge on any atom is 0.306 e. The van der Waals surface area contributed by atoms with Gasteiger partial charge < -0.3 is 26.8 Å². The maximum atomic E-state index is 12.5. The van der Waals surface area contributed by atoms with E-state index in [2.05, 4.69) is 4.98 Å². The lowest BCUT2D eigenvalue weighted by Gasteiger charge is -2.21. The Morgan fingerprint density at radius 3 is 1.84 bits per heavy atom. The highest BCUT2D eigenvalue weighted by Crippen LogP contribution is 2.51. The van der Waals surface area contributed by atoms with E-state index in [0.717, 1.165) is 18.8 Å². The highest BCUT2D eigenvalue weighted by atomic mass is 32.2. The van der Waals surface area contributed by atoms with E-state index in [1.807, 2.05) is 0 Å². The van der Waals surface area contributed by atoms with Crippen LogP contribution in [0, 0.1) is 0 Å². The summed E-state index contributed by atoms with van der Waals surface area (Å²) in [5.74, 6) is -0.208. The molecule has 0 radical (unpaired) electrons. The van der Waals surface area contributed by atoms with Gasteiger partial charge in [-0.05, 0) is 47.5 Å². The second-order valence-electron chi connectivity index (χ2n) is 9.56. The summed E-state index contributed by atoms with van der Waals surface area (Å²) in [4.78, 5) is 4.03. The fourth-order valence-corrected chi connectivity index (χ4v) is 5.60. The number of rotatable bonds is 13. The number of pyridine rings is 1. The monoisotopic (exact) mass is 679 g/mol. The fourth-order valence-electron chi connectivity index (χ4n) is 4.22. The largest absolute Gasteiger partial charge is 0.496 e. The van der Waals surface area contributed by atoms with Crippen molar-refractivity contribution in [2.75, 3.05) is 33.0 Å². The Hall–Kier alpha value is -4.54. The van der Waals surface area contributed by atoms with Gasteiger partial charge in [0.1, 0.15) is 18.1 Å². The summed E-state index contributed by atoms with van der Waals surface area (Å²) in [6, 6.07) is 15.3. The van der Waals surface area contributed by atoms with Gasteiger partial charge in [-0.1, -0.05) is 24.3 Å². The SMILES string of the molecule is COc1cc(-c2ccc(OS(C)(=O)=O)cc2)c(OC)c(OS(C)(=O)=O)c1-c1ccc(OCc2cccnc2)c(OS(C)(=O)=O)c1. The molecule has 16 heteroatoms. The van der Waals surface area contributed by atoms with Gasteiger partial charge in [-0.2, -0.15) is 25.3 Å². The van der Waals surface area contributed by atoms with Crippen molar-refractivity contribution in [2.24, 2.45) is 0 Å². The Labute approximate surface area is 261 Å². The molecule has 0 atom stereocenters. The van der Waals surface area contributed by atoms with Crippen LogP contribution in [0.5, 0.6) is 34.5 Å². The van der Waals surface area contributed by atoms with Gasteiger partial charge in [0, 0.05) is 23.5 Å². The van der Waals surface area contributed by atoms with Crippen molar-refractivity contribution in [3.8, 4) is 56.8 Å². The normalized spacial score (nSPS) is 11.8. The summed E-state index contributed by atoms with van der Waals surface area (Å²) in [5.41, 5.74) is 1.84. The standard InChI is InChI=1S/C29H29NO12S3/c1-37-26-16-23(20-8-11-22(12-9-20)40-43(3,31)32)28(38-2)29(42-45(5,35)36)27(26)21-10-13-24(25(15-21)41-44(4,33)34)39-18-19-7-6-14-30-17-19/h6-17H,18H2,1-5H3. The van der Waals surface area contributed by atoms with Crippen LogP contribution in [0.2, 0.25) is 0 Å². The van der Waals surface area contributed by atoms with E-state index in [-0.39, 0.29) is 52.2 Å². The lowest BCUT2D eigenvalue weighted by Crippen LogP contribution is -2.10. The van der Waals surface area contributed by atoms with Gasteiger partial charge in [0.2, 0.25) is 0 Å². The molecule has 240 valence electrons. The van der Waals surface area contributed by atoms with Gasteiger partial charge in [0.25, 0.3) is 0 Å². The average Bonchev–Trinajstić information content (AvgIpc) is 2.94. The molecule has 1 heterocycles. The van der Waals surface area contributed by atoms with Crippen LogP contribution in [0.15, 0.2) is 73.1 Å². The number of nitrogens with zero attached hydrogens (tertiary/aromatic N) is 1. The molecular formula is C29H29NO12S3. The van der Waals surface area contributed by atoms with E-state index in [9.17, 15) is 25.3 Å². The molecule has 0 N–H and O–H groups in total. The highest BCUT2D eigenvalue weighted by molar-refractivity contribution is 7.86. The first-order valence-electron chi connectivity index (χ1n) is 12.8. The van der Waals surface area contributed by atoms with Crippen LogP contribution in [0.3, 0.4) is 0 Å². The van der Waals surface area contributed by atoms with Crippen molar-refractivity contribution in [1.29, 1.82) is 0 Å². The Morgan fingerprint density at radius 1 is 0.644 bits per heavy atom. The van der Waals surface area contributed by atoms with E-state index in [1.165, 1.54) is 56.7 Å². The molecular weight excluding hydrogens is 651 g/mol. The van der Waals surface area contributed by atoms with Crippen LogP contribution in [0.1, 0.15) is 5.56 Å². The second kappa shape index (κ2) is 13.2. The highest BCUT2D eigenvalue weighted by Gasteiger charge is 2.27. The van der Waals surface area contributed by atoms with Gasteiger partial charge >= 0.3 is 30.4 Å². The zero-order chi connectivity index (χ0) is 33.0. The van der Waals surface area contributed by atoms with Gasteiger partial charge in [-0.15, -0.1) is 0 Å². The molecule has 0 fully saturated rings. The van der Waals surface area contributed by atoms with Crippen LogP contribution in [0.25, 0.3) is 22.3 Å². The number of ether oxygens (including phenoxy) is 3. The van der Waals surface area contributed by atoms with Gasteiger partial charge in [0.15, 0.2) is 23.0 Å². The lowest BCUT2D eigenvalue weighted by molar-refractivity contribution is 0.296. The molecule has 0 unspecified atom stereocenters. The summed E-state index contributed by atoms with van der Waals surface area (Å²) < 4.78 is 105. The van der Waals surface area contributed by atoms with Crippen molar-refractivity contribution < 1.29 is 52.0 Å². The molecule has 0 aliphatic carbocycles. The van der Waals surface area contributed by atoms with Crippen molar-refractivity contribution in [3.63, 3.8) is 0 Å². The molecule has 0 aliphatic rings. The molecule has 0 saturated heterocycles. The Balaban J connectivity index is 1.91. The zero-order valence-corrected chi connectivity index (χ0v) is 27.2. The third-order valence-electron chi connectivity index (χ3n) is 5.86. The number of benzene rings is 3.